The predicted molar refractivity (Wildman–Crippen MR) is 72.2 cm³/mol. The maximum absolute atomic E-state index is 13.3. The van der Waals surface area contributed by atoms with Crippen molar-refractivity contribution in [2.24, 2.45) is 0 Å². The molecule has 19 heavy (non-hydrogen) atoms. The number of ether oxygens (including phenoxy) is 1. The number of methoxy groups -OCH3 is 1. The summed E-state index contributed by atoms with van der Waals surface area (Å²) in [5.74, 6) is -0.181. The zero-order chi connectivity index (χ0) is 13.8. The molecular weight excluding hydrogens is 243 g/mol. The van der Waals surface area contributed by atoms with Crippen LogP contribution in [0.15, 0.2) is 42.5 Å². The summed E-state index contributed by atoms with van der Waals surface area (Å²) in [6.07, 6.45) is 0.243. The standard InChI is InChI=1S/C16H15FO2/c1-11-5-3-4-6-12(11)9-15(18)14-10-13(17)7-8-16(14)19-2/h3-8,10H,9H2,1-2H3. The second-order valence-electron chi connectivity index (χ2n) is 4.37. The van der Waals surface area contributed by atoms with Gasteiger partial charge >= 0.3 is 0 Å². The van der Waals surface area contributed by atoms with Crippen molar-refractivity contribution in [2.45, 2.75) is 13.3 Å². The highest BCUT2D eigenvalue weighted by molar-refractivity contribution is 6.00. The van der Waals surface area contributed by atoms with Crippen LogP contribution in [0.3, 0.4) is 0 Å². The van der Waals surface area contributed by atoms with Crippen LogP contribution in [-0.4, -0.2) is 12.9 Å². The largest absolute Gasteiger partial charge is 0.496 e. The quantitative estimate of drug-likeness (QED) is 0.784. The van der Waals surface area contributed by atoms with E-state index in [1.807, 2.05) is 31.2 Å². The van der Waals surface area contributed by atoms with Gasteiger partial charge in [0.05, 0.1) is 12.7 Å². The maximum atomic E-state index is 13.3. The molecule has 0 spiro atoms. The average Bonchev–Trinajstić information content (AvgIpc) is 2.41. The van der Waals surface area contributed by atoms with Crippen LogP contribution in [0.25, 0.3) is 0 Å². The Kier molecular flexibility index (Phi) is 3.95. The van der Waals surface area contributed by atoms with E-state index in [0.29, 0.717) is 5.75 Å². The summed E-state index contributed by atoms with van der Waals surface area (Å²) in [6.45, 7) is 1.95. The SMILES string of the molecule is COc1ccc(F)cc1C(=O)Cc1ccccc1C. The molecule has 0 fully saturated rings. The number of benzene rings is 2. The van der Waals surface area contributed by atoms with Gasteiger partial charge in [-0.3, -0.25) is 4.79 Å². The number of halogens is 1. The molecule has 0 aliphatic rings. The van der Waals surface area contributed by atoms with Crippen molar-refractivity contribution in [3.05, 3.63) is 65.0 Å². The van der Waals surface area contributed by atoms with E-state index in [9.17, 15) is 9.18 Å². The highest BCUT2D eigenvalue weighted by Gasteiger charge is 2.14. The summed E-state index contributed by atoms with van der Waals surface area (Å²) in [5, 5.41) is 0. The minimum Gasteiger partial charge on any atom is -0.496 e. The van der Waals surface area contributed by atoms with Crippen LogP contribution in [0.2, 0.25) is 0 Å². The fraction of sp³-hybridized carbons (Fsp3) is 0.188. The van der Waals surface area contributed by atoms with E-state index in [4.69, 9.17) is 4.74 Å². The Balaban J connectivity index is 2.30. The first-order valence-corrected chi connectivity index (χ1v) is 6.03. The smallest absolute Gasteiger partial charge is 0.171 e. The van der Waals surface area contributed by atoms with Gasteiger partial charge in [-0.25, -0.2) is 4.39 Å². The monoisotopic (exact) mass is 258 g/mol. The number of hydrogen-bond acceptors (Lipinski definition) is 2. The van der Waals surface area contributed by atoms with E-state index in [1.54, 1.807) is 0 Å². The minimum atomic E-state index is -0.436. The molecule has 0 bridgehead atoms. The highest BCUT2D eigenvalue weighted by atomic mass is 19.1. The molecule has 0 radical (unpaired) electrons. The second-order valence-corrected chi connectivity index (χ2v) is 4.37. The van der Waals surface area contributed by atoms with Gasteiger partial charge in [0, 0.05) is 6.42 Å². The number of carbonyl (C=O) groups is 1. The zero-order valence-corrected chi connectivity index (χ0v) is 10.9. The molecule has 0 heterocycles. The summed E-state index contributed by atoms with van der Waals surface area (Å²) in [5.41, 5.74) is 2.27. The van der Waals surface area contributed by atoms with Gasteiger partial charge in [0.2, 0.25) is 0 Å². The van der Waals surface area contributed by atoms with Crippen LogP contribution in [0.5, 0.6) is 5.75 Å². The van der Waals surface area contributed by atoms with Crippen LogP contribution >= 0.6 is 0 Å². The van der Waals surface area contributed by atoms with Crippen LogP contribution in [-0.2, 0) is 6.42 Å². The molecule has 0 saturated carbocycles. The summed E-state index contributed by atoms with van der Waals surface area (Å²) in [7, 11) is 1.47. The van der Waals surface area contributed by atoms with E-state index in [2.05, 4.69) is 0 Å². The third kappa shape index (κ3) is 2.99. The molecule has 3 heteroatoms. The van der Waals surface area contributed by atoms with Gasteiger partial charge in [0.1, 0.15) is 11.6 Å². The van der Waals surface area contributed by atoms with Gasteiger partial charge in [0.25, 0.3) is 0 Å². The summed E-state index contributed by atoms with van der Waals surface area (Å²) < 4.78 is 18.4. The topological polar surface area (TPSA) is 26.3 Å². The average molecular weight is 258 g/mol. The molecule has 0 atom stereocenters. The molecule has 0 N–H and O–H groups in total. The molecule has 98 valence electrons. The molecule has 2 rings (SSSR count). The van der Waals surface area contributed by atoms with Crippen molar-refractivity contribution in [3.8, 4) is 5.75 Å². The van der Waals surface area contributed by atoms with E-state index in [-0.39, 0.29) is 17.8 Å². The highest BCUT2D eigenvalue weighted by Crippen LogP contribution is 2.22. The first kappa shape index (κ1) is 13.3. The van der Waals surface area contributed by atoms with Gasteiger partial charge in [-0.2, -0.15) is 0 Å². The molecule has 0 aromatic heterocycles. The maximum Gasteiger partial charge on any atom is 0.171 e. The third-order valence-corrected chi connectivity index (χ3v) is 3.07. The Labute approximate surface area is 111 Å². The lowest BCUT2D eigenvalue weighted by atomic mass is 9.99. The molecule has 2 aromatic carbocycles. The Hall–Kier alpha value is -2.16. The summed E-state index contributed by atoms with van der Waals surface area (Å²) >= 11 is 0. The number of carbonyl (C=O) groups excluding carboxylic acids is 1. The number of ketones is 1. The Morgan fingerprint density at radius 3 is 2.63 bits per heavy atom. The van der Waals surface area contributed by atoms with Crippen molar-refractivity contribution in [2.75, 3.05) is 7.11 Å². The van der Waals surface area contributed by atoms with Crippen LogP contribution in [0.4, 0.5) is 4.39 Å². The number of rotatable bonds is 4. The van der Waals surface area contributed by atoms with Crippen molar-refractivity contribution in [1.29, 1.82) is 0 Å². The molecular formula is C16H15FO2. The Bertz CT molecular complexity index is 605. The number of hydrogen-bond donors (Lipinski definition) is 0. The van der Waals surface area contributed by atoms with Gasteiger partial charge in [-0.1, -0.05) is 24.3 Å². The Morgan fingerprint density at radius 2 is 1.95 bits per heavy atom. The Morgan fingerprint density at radius 1 is 1.21 bits per heavy atom. The molecule has 0 aliphatic heterocycles. The van der Waals surface area contributed by atoms with Crippen LogP contribution in [0, 0.1) is 12.7 Å². The molecule has 0 unspecified atom stereocenters. The van der Waals surface area contributed by atoms with E-state index < -0.39 is 5.82 Å². The van der Waals surface area contributed by atoms with Gasteiger partial charge in [-0.05, 0) is 36.2 Å². The predicted octanol–water partition coefficient (Wildman–Crippen LogP) is 3.57. The van der Waals surface area contributed by atoms with Gasteiger partial charge < -0.3 is 4.74 Å². The lowest BCUT2D eigenvalue weighted by Gasteiger charge is -2.09. The van der Waals surface area contributed by atoms with Crippen molar-refractivity contribution < 1.29 is 13.9 Å². The van der Waals surface area contributed by atoms with Crippen molar-refractivity contribution in [3.63, 3.8) is 0 Å². The van der Waals surface area contributed by atoms with Gasteiger partial charge in [-0.15, -0.1) is 0 Å². The number of Topliss-reactive ketones (excluding diaryl/α,β-unsaturated/α-hetero) is 1. The van der Waals surface area contributed by atoms with Crippen LogP contribution < -0.4 is 4.74 Å². The van der Waals surface area contributed by atoms with E-state index >= 15 is 0 Å². The normalized spacial score (nSPS) is 10.3. The molecule has 2 nitrogen and oxygen atoms in total. The van der Waals surface area contributed by atoms with Crippen molar-refractivity contribution in [1.82, 2.24) is 0 Å². The minimum absolute atomic E-state index is 0.148. The fourth-order valence-corrected chi connectivity index (χ4v) is 1.97. The second kappa shape index (κ2) is 5.65. The summed E-state index contributed by atoms with van der Waals surface area (Å²) in [6, 6.07) is 11.6. The first-order valence-electron chi connectivity index (χ1n) is 6.03. The molecule has 0 amide bonds. The lowest BCUT2D eigenvalue weighted by molar-refractivity contribution is 0.0989. The molecule has 2 aromatic rings. The molecule has 0 saturated heterocycles. The van der Waals surface area contributed by atoms with E-state index in [1.165, 1.54) is 25.3 Å². The first-order chi connectivity index (χ1) is 9.11. The lowest BCUT2D eigenvalue weighted by Crippen LogP contribution is -2.07. The summed E-state index contributed by atoms with van der Waals surface area (Å²) in [4.78, 5) is 12.3. The number of aryl methyl sites for hydroxylation is 1. The third-order valence-electron chi connectivity index (χ3n) is 3.07. The van der Waals surface area contributed by atoms with E-state index in [0.717, 1.165) is 11.1 Å². The van der Waals surface area contributed by atoms with Crippen LogP contribution in [0.1, 0.15) is 21.5 Å². The van der Waals surface area contributed by atoms with Gasteiger partial charge in [0.15, 0.2) is 5.78 Å². The van der Waals surface area contributed by atoms with Crippen molar-refractivity contribution >= 4 is 5.78 Å². The fourth-order valence-electron chi connectivity index (χ4n) is 1.97. The molecule has 0 aliphatic carbocycles. The zero-order valence-electron chi connectivity index (χ0n) is 10.9.